The lowest BCUT2D eigenvalue weighted by atomic mass is 10.1. The normalized spacial score (nSPS) is 16.8. The van der Waals surface area contributed by atoms with E-state index in [1.807, 2.05) is 31.2 Å². The summed E-state index contributed by atoms with van der Waals surface area (Å²) >= 11 is 1.67. The van der Waals surface area contributed by atoms with Crippen LogP contribution in [0.5, 0.6) is 0 Å². The van der Waals surface area contributed by atoms with Crippen LogP contribution < -0.4 is 5.32 Å². The van der Waals surface area contributed by atoms with Crippen molar-refractivity contribution in [1.29, 1.82) is 0 Å². The fourth-order valence-corrected chi connectivity index (χ4v) is 3.70. The summed E-state index contributed by atoms with van der Waals surface area (Å²) in [4.78, 5) is 13.6. The minimum atomic E-state index is -0.0218. The van der Waals surface area contributed by atoms with Crippen molar-refractivity contribution in [3.63, 3.8) is 0 Å². The Morgan fingerprint density at radius 2 is 2.00 bits per heavy atom. The van der Waals surface area contributed by atoms with Crippen LogP contribution in [0.25, 0.3) is 0 Å². The van der Waals surface area contributed by atoms with E-state index in [-0.39, 0.29) is 11.2 Å². The molecular formula is C17H17NOS. The quantitative estimate of drug-likeness (QED) is 0.904. The predicted octanol–water partition coefficient (Wildman–Crippen LogP) is 3.96. The highest BCUT2D eigenvalue weighted by molar-refractivity contribution is 8.01. The Balaban J connectivity index is 1.73. The van der Waals surface area contributed by atoms with Gasteiger partial charge in [0.2, 0.25) is 5.91 Å². The molecule has 1 N–H and O–H groups in total. The van der Waals surface area contributed by atoms with E-state index in [0.717, 1.165) is 17.7 Å². The highest BCUT2D eigenvalue weighted by atomic mass is 32.2. The molecule has 0 aromatic heterocycles. The van der Waals surface area contributed by atoms with Gasteiger partial charge in [0.05, 0.1) is 5.25 Å². The number of hydrogen-bond acceptors (Lipinski definition) is 2. The van der Waals surface area contributed by atoms with Crippen molar-refractivity contribution in [2.45, 2.75) is 30.4 Å². The molecule has 3 heteroatoms. The molecule has 2 nitrogen and oxygen atoms in total. The second kappa shape index (κ2) is 5.33. The molecule has 1 aliphatic rings. The van der Waals surface area contributed by atoms with Crippen LogP contribution in [0.3, 0.4) is 0 Å². The van der Waals surface area contributed by atoms with Gasteiger partial charge in [0, 0.05) is 10.6 Å². The number of carbonyl (C=O) groups is 1. The molecule has 102 valence electrons. The molecule has 1 atom stereocenters. The fourth-order valence-electron chi connectivity index (χ4n) is 2.41. The van der Waals surface area contributed by atoms with Gasteiger partial charge >= 0.3 is 0 Å². The van der Waals surface area contributed by atoms with Crippen LogP contribution in [0, 0.1) is 13.8 Å². The van der Waals surface area contributed by atoms with Gasteiger partial charge in [0.25, 0.3) is 0 Å². The molecule has 0 spiro atoms. The summed E-state index contributed by atoms with van der Waals surface area (Å²) in [6, 6.07) is 14.3. The third-order valence-corrected chi connectivity index (χ3v) is 4.89. The number of fused-ring (bicyclic) bond motifs is 1. The third-order valence-electron chi connectivity index (χ3n) is 3.59. The SMILES string of the molecule is Cc1ccc2c(c1)S[C@@H](C(=O)Nc1ccccc1C)C2. The number of hydrogen-bond donors (Lipinski definition) is 1. The lowest BCUT2D eigenvalue weighted by Crippen LogP contribution is -2.24. The Morgan fingerprint density at radius 3 is 2.80 bits per heavy atom. The molecule has 2 aromatic carbocycles. The van der Waals surface area contributed by atoms with E-state index < -0.39 is 0 Å². The molecule has 0 saturated heterocycles. The highest BCUT2D eigenvalue weighted by Gasteiger charge is 2.28. The van der Waals surface area contributed by atoms with Gasteiger partial charge in [-0.2, -0.15) is 0 Å². The topological polar surface area (TPSA) is 29.1 Å². The number of para-hydroxylation sites is 1. The van der Waals surface area contributed by atoms with Crippen molar-refractivity contribution >= 4 is 23.4 Å². The van der Waals surface area contributed by atoms with Crippen LogP contribution >= 0.6 is 11.8 Å². The number of anilines is 1. The Labute approximate surface area is 123 Å². The van der Waals surface area contributed by atoms with Gasteiger partial charge in [-0.1, -0.05) is 35.9 Å². The lowest BCUT2D eigenvalue weighted by Gasteiger charge is -2.11. The number of amides is 1. The number of benzene rings is 2. The van der Waals surface area contributed by atoms with Crippen molar-refractivity contribution in [2.24, 2.45) is 0 Å². The second-order valence-electron chi connectivity index (χ2n) is 5.23. The maximum atomic E-state index is 12.4. The summed E-state index contributed by atoms with van der Waals surface area (Å²) in [5, 5.41) is 3.02. The Hall–Kier alpha value is -1.74. The van der Waals surface area contributed by atoms with E-state index >= 15 is 0 Å². The molecule has 0 unspecified atom stereocenters. The number of rotatable bonds is 2. The maximum absolute atomic E-state index is 12.4. The number of carbonyl (C=O) groups excluding carboxylic acids is 1. The van der Waals surface area contributed by atoms with Crippen LogP contribution in [0.2, 0.25) is 0 Å². The van der Waals surface area contributed by atoms with Gasteiger partial charge in [-0.3, -0.25) is 4.79 Å². The highest BCUT2D eigenvalue weighted by Crippen LogP contribution is 2.38. The molecule has 2 aromatic rings. The molecule has 1 aliphatic heterocycles. The summed E-state index contributed by atoms with van der Waals surface area (Å²) in [7, 11) is 0. The molecule has 1 heterocycles. The van der Waals surface area contributed by atoms with Gasteiger partial charge in [-0.05, 0) is 43.5 Å². The Bertz CT molecular complexity index is 666. The second-order valence-corrected chi connectivity index (χ2v) is 6.47. The van der Waals surface area contributed by atoms with E-state index in [1.165, 1.54) is 16.0 Å². The first kappa shape index (κ1) is 13.3. The largest absolute Gasteiger partial charge is 0.325 e. The summed E-state index contributed by atoms with van der Waals surface area (Å²) < 4.78 is 0. The van der Waals surface area contributed by atoms with Gasteiger partial charge in [0.15, 0.2) is 0 Å². The number of thioether (sulfide) groups is 1. The van der Waals surface area contributed by atoms with E-state index in [1.54, 1.807) is 11.8 Å². The molecule has 0 fully saturated rings. The van der Waals surface area contributed by atoms with E-state index in [9.17, 15) is 4.79 Å². The molecule has 20 heavy (non-hydrogen) atoms. The fraction of sp³-hybridized carbons (Fsp3) is 0.235. The predicted molar refractivity (Wildman–Crippen MR) is 84.3 cm³/mol. The molecule has 1 amide bonds. The first-order valence-corrected chi connectivity index (χ1v) is 7.64. The number of aryl methyl sites for hydroxylation is 2. The molecular weight excluding hydrogens is 266 g/mol. The maximum Gasteiger partial charge on any atom is 0.238 e. The zero-order valence-electron chi connectivity index (χ0n) is 11.6. The van der Waals surface area contributed by atoms with E-state index in [4.69, 9.17) is 0 Å². The molecule has 3 rings (SSSR count). The van der Waals surface area contributed by atoms with Crippen molar-refractivity contribution in [3.05, 3.63) is 59.2 Å². The molecule has 0 aliphatic carbocycles. The molecule has 0 radical (unpaired) electrons. The van der Waals surface area contributed by atoms with Crippen LogP contribution in [-0.4, -0.2) is 11.2 Å². The van der Waals surface area contributed by atoms with E-state index in [0.29, 0.717) is 0 Å². The lowest BCUT2D eigenvalue weighted by molar-refractivity contribution is -0.115. The van der Waals surface area contributed by atoms with Gasteiger partial charge in [-0.25, -0.2) is 0 Å². The van der Waals surface area contributed by atoms with Gasteiger partial charge < -0.3 is 5.32 Å². The first-order valence-electron chi connectivity index (χ1n) is 6.76. The molecule has 0 saturated carbocycles. The summed E-state index contributed by atoms with van der Waals surface area (Å²) in [5.74, 6) is 0.0955. The van der Waals surface area contributed by atoms with Crippen molar-refractivity contribution in [2.75, 3.05) is 5.32 Å². The standard InChI is InChI=1S/C17H17NOS/c1-11-7-8-13-10-16(20-15(13)9-11)17(19)18-14-6-4-3-5-12(14)2/h3-9,16H,10H2,1-2H3,(H,18,19)/t16-/m1/s1. The first-order chi connectivity index (χ1) is 9.63. The van der Waals surface area contributed by atoms with Gasteiger partial charge in [-0.15, -0.1) is 11.8 Å². The Kier molecular flexibility index (Phi) is 3.53. The van der Waals surface area contributed by atoms with Crippen molar-refractivity contribution in [1.82, 2.24) is 0 Å². The van der Waals surface area contributed by atoms with Crippen LogP contribution in [0.1, 0.15) is 16.7 Å². The van der Waals surface area contributed by atoms with Crippen LogP contribution in [0.4, 0.5) is 5.69 Å². The minimum Gasteiger partial charge on any atom is -0.325 e. The smallest absolute Gasteiger partial charge is 0.238 e. The van der Waals surface area contributed by atoms with Gasteiger partial charge in [0.1, 0.15) is 0 Å². The van der Waals surface area contributed by atoms with Crippen molar-refractivity contribution < 1.29 is 4.79 Å². The minimum absolute atomic E-state index is 0.0218. The Morgan fingerprint density at radius 1 is 1.20 bits per heavy atom. The summed E-state index contributed by atoms with van der Waals surface area (Å²) in [6.07, 6.45) is 0.817. The third kappa shape index (κ3) is 2.59. The van der Waals surface area contributed by atoms with Crippen molar-refractivity contribution in [3.8, 4) is 0 Å². The van der Waals surface area contributed by atoms with Crippen LogP contribution in [-0.2, 0) is 11.2 Å². The number of nitrogens with one attached hydrogen (secondary N) is 1. The zero-order valence-corrected chi connectivity index (χ0v) is 12.5. The molecule has 0 bridgehead atoms. The summed E-state index contributed by atoms with van der Waals surface area (Å²) in [6.45, 7) is 4.09. The average Bonchev–Trinajstić information content (AvgIpc) is 2.84. The monoisotopic (exact) mass is 283 g/mol. The van der Waals surface area contributed by atoms with Crippen LogP contribution in [0.15, 0.2) is 47.4 Å². The summed E-state index contributed by atoms with van der Waals surface area (Å²) in [5.41, 5.74) is 4.53. The zero-order chi connectivity index (χ0) is 14.1. The van der Waals surface area contributed by atoms with E-state index in [2.05, 4.69) is 30.4 Å². The average molecular weight is 283 g/mol.